The van der Waals surface area contributed by atoms with E-state index >= 15 is 0 Å². The number of hydrogen-bond donors (Lipinski definition) is 2. The lowest BCUT2D eigenvalue weighted by Crippen LogP contribution is -2.13. The fourth-order valence-electron chi connectivity index (χ4n) is 2.07. The summed E-state index contributed by atoms with van der Waals surface area (Å²) in [6.45, 7) is 2.68. The van der Waals surface area contributed by atoms with Crippen molar-refractivity contribution in [3.63, 3.8) is 0 Å². The molecule has 1 aromatic heterocycles. The zero-order chi connectivity index (χ0) is 13.8. The standard InChI is InChI=1S/C14H17ClFN3/c1-2-3-10(7-17)14-18-8-13(19-14)9-4-5-12(16)11(15)6-9/h4-6,8,10H,2-3,7,17H2,1H3,(H,18,19). The summed E-state index contributed by atoms with van der Waals surface area (Å²) in [5, 5.41) is 0.109. The molecule has 3 nitrogen and oxygen atoms in total. The van der Waals surface area contributed by atoms with Gasteiger partial charge in [0.25, 0.3) is 0 Å². The quantitative estimate of drug-likeness (QED) is 0.878. The van der Waals surface area contributed by atoms with Gasteiger partial charge in [0.2, 0.25) is 0 Å². The molecule has 0 bridgehead atoms. The highest BCUT2D eigenvalue weighted by Gasteiger charge is 2.13. The van der Waals surface area contributed by atoms with E-state index in [0.29, 0.717) is 6.54 Å². The maximum absolute atomic E-state index is 13.1. The smallest absolute Gasteiger partial charge is 0.141 e. The van der Waals surface area contributed by atoms with Crippen LogP contribution in [0.1, 0.15) is 31.5 Å². The molecule has 0 aliphatic carbocycles. The molecular weight excluding hydrogens is 265 g/mol. The lowest BCUT2D eigenvalue weighted by molar-refractivity contribution is 0.595. The molecular formula is C14H17ClFN3. The van der Waals surface area contributed by atoms with Gasteiger partial charge in [-0.1, -0.05) is 24.9 Å². The van der Waals surface area contributed by atoms with Crippen molar-refractivity contribution in [3.8, 4) is 11.3 Å². The summed E-state index contributed by atoms with van der Waals surface area (Å²) in [5.41, 5.74) is 7.39. The van der Waals surface area contributed by atoms with Crippen molar-refractivity contribution in [2.45, 2.75) is 25.7 Å². The largest absolute Gasteiger partial charge is 0.342 e. The number of imidazole rings is 1. The highest BCUT2D eigenvalue weighted by molar-refractivity contribution is 6.31. The van der Waals surface area contributed by atoms with Gasteiger partial charge in [0.15, 0.2) is 0 Å². The van der Waals surface area contributed by atoms with Gasteiger partial charge < -0.3 is 10.7 Å². The Morgan fingerprint density at radius 1 is 1.47 bits per heavy atom. The number of nitrogens with one attached hydrogen (secondary N) is 1. The highest BCUT2D eigenvalue weighted by atomic mass is 35.5. The van der Waals surface area contributed by atoms with Crippen molar-refractivity contribution in [1.29, 1.82) is 0 Å². The van der Waals surface area contributed by atoms with Crippen LogP contribution in [0.3, 0.4) is 0 Å². The summed E-state index contributed by atoms with van der Waals surface area (Å²) in [6, 6.07) is 4.62. The minimum Gasteiger partial charge on any atom is -0.342 e. The van der Waals surface area contributed by atoms with E-state index in [0.717, 1.165) is 29.9 Å². The molecule has 1 unspecified atom stereocenters. The minimum atomic E-state index is -0.420. The third-order valence-corrected chi connectivity index (χ3v) is 3.42. The van der Waals surface area contributed by atoms with Crippen LogP contribution in [0.4, 0.5) is 4.39 Å². The number of H-pyrrole nitrogens is 1. The second-order valence-electron chi connectivity index (χ2n) is 4.53. The molecule has 2 rings (SSSR count). The first kappa shape index (κ1) is 14.0. The lowest BCUT2D eigenvalue weighted by Gasteiger charge is -2.10. The van der Waals surface area contributed by atoms with Crippen LogP contribution in [0.5, 0.6) is 0 Å². The summed E-state index contributed by atoms with van der Waals surface area (Å²) in [7, 11) is 0. The fraction of sp³-hybridized carbons (Fsp3) is 0.357. The molecule has 19 heavy (non-hydrogen) atoms. The van der Waals surface area contributed by atoms with Crippen molar-refractivity contribution in [2.75, 3.05) is 6.54 Å². The number of halogens is 2. The molecule has 0 saturated carbocycles. The van der Waals surface area contributed by atoms with E-state index in [9.17, 15) is 4.39 Å². The first-order valence-electron chi connectivity index (χ1n) is 6.36. The van der Waals surface area contributed by atoms with E-state index in [-0.39, 0.29) is 10.9 Å². The Kier molecular flexibility index (Phi) is 4.56. The Balaban J connectivity index is 2.27. The van der Waals surface area contributed by atoms with Gasteiger partial charge in [0, 0.05) is 18.0 Å². The molecule has 0 amide bonds. The second-order valence-corrected chi connectivity index (χ2v) is 4.94. The van der Waals surface area contributed by atoms with Crippen LogP contribution < -0.4 is 5.73 Å². The van der Waals surface area contributed by atoms with Crippen LogP contribution in [0.15, 0.2) is 24.4 Å². The van der Waals surface area contributed by atoms with E-state index in [4.69, 9.17) is 17.3 Å². The van der Waals surface area contributed by atoms with Crippen LogP contribution in [0.25, 0.3) is 11.3 Å². The van der Waals surface area contributed by atoms with Crippen LogP contribution in [-0.4, -0.2) is 16.5 Å². The van der Waals surface area contributed by atoms with E-state index < -0.39 is 5.82 Å². The van der Waals surface area contributed by atoms with Crippen molar-refractivity contribution < 1.29 is 4.39 Å². The number of rotatable bonds is 5. The van der Waals surface area contributed by atoms with Gasteiger partial charge >= 0.3 is 0 Å². The minimum absolute atomic E-state index is 0.109. The summed E-state index contributed by atoms with van der Waals surface area (Å²) in [4.78, 5) is 7.60. The molecule has 3 N–H and O–H groups in total. The van der Waals surface area contributed by atoms with Gasteiger partial charge in [-0.2, -0.15) is 0 Å². The zero-order valence-electron chi connectivity index (χ0n) is 10.8. The Bertz CT molecular complexity index is 553. The van der Waals surface area contributed by atoms with Gasteiger partial charge in [-0.05, 0) is 24.6 Å². The normalized spacial score (nSPS) is 12.6. The molecule has 0 fully saturated rings. The Labute approximate surface area is 117 Å². The number of nitrogens with two attached hydrogens (primary N) is 1. The molecule has 0 radical (unpaired) electrons. The van der Waals surface area contributed by atoms with Gasteiger partial charge in [-0.3, -0.25) is 0 Å². The van der Waals surface area contributed by atoms with Gasteiger partial charge in [-0.15, -0.1) is 0 Å². The fourth-order valence-corrected chi connectivity index (χ4v) is 2.25. The van der Waals surface area contributed by atoms with Gasteiger partial charge in [0.05, 0.1) is 16.9 Å². The van der Waals surface area contributed by atoms with E-state index in [1.807, 2.05) is 0 Å². The summed E-state index contributed by atoms with van der Waals surface area (Å²) in [6.07, 6.45) is 3.78. The second kappa shape index (κ2) is 6.17. The molecule has 0 aliphatic heterocycles. The molecule has 2 aromatic rings. The van der Waals surface area contributed by atoms with Gasteiger partial charge in [0.1, 0.15) is 11.6 Å². The predicted molar refractivity (Wildman–Crippen MR) is 75.7 cm³/mol. The molecule has 0 spiro atoms. The Morgan fingerprint density at radius 3 is 2.89 bits per heavy atom. The number of aromatic amines is 1. The van der Waals surface area contributed by atoms with Crippen LogP contribution >= 0.6 is 11.6 Å². The molecule has 102 valence electrons. The Morgan fingerprint density at radius 2 is 2.26 bits per heavy atom. The molecule has 5 heteroatoms. The maximum atomic E-state index is 13.1. The zero-order valence-corrected chi connectivity index (χ0v) is 11.5. The number of benzene rings is 1. The first-order chi connectivity index (χ1) is 9.15. The van der Waals surface area contributed by atoms with Crippen molar-refractivity contribution in [2.24, 2.45) is 5.73 Å². The highest BCUT2D eigenvalue weighted by Crippen LogP contribution is 2.25. The first-order valence-corrected chi connectivity index (χ1v) is 6.73. The topological polar surface area (TPSA) is 54.7 Å². The number of hydrogen-bond acceptors (Lipinski definition) is 2. The molecule has 1 heterocycles. The van der Waals surface area contributed by atoms with E-state index in [1.54, 1.807) is 18.3 Å². The van der Waals surface area contributed by atoms with Crippen LogP contribution in [0, 0.1) is 5.82 Å². The molecule has 1 aromatic carbocycles. The molecule has 0 saturated heterocycles. The predicted octanol–water partition coefficient (Wildman–Crippen LogP) is 3.71. The third kappa shape index (κ3) is 3.14. The summed E-state index contributed by atoms with van der Waals surface area (Å²) in [5.74, 6) is 0.686. The van der Waals surface area contributed by atoms with Crippen LogP contribution in [-0.2, 0) is 0 Å². The van der Waals surface area contributed by atoms with Crippen molar-refractivity contribution >= 4 is 11.6 Å². The van der Waals surface area contributed by atoms with E-state index in [1.165, 1.54) is 6.07 Å². The average Bonchev–Trinajstić information content (AvgIpc) is 2.88. The lowest BCUT2D eigenvalue weighted by atomic mass is 10.0. The number of nitrogens with zero attached hydrogens (tertiary/aromatic N) is 1. The molecule has 0 aliphatic rings. The summed E-state index contributed by atoms with van der Waals surface area (Å²) >= 11 is 5.78. The van der Waals surface area contributed by atoms with Crippen molar-refractivity contribution in [3.05, 3.63) is 41.1 Å². The number of aromatic nitrogens is 2. The third-order valence-electron chi connectivity index (χ3n) is 3.13. The van der Waals surface area contributed by atoms with Crippen LogP contribution in [0.2, 0.25) is 5.02 Å². The maximum Gasteiger partial charge on any atom is 0.141 e. The average molecular weight is 282 g/mol. The van der Waals surface area contributed by atoms with Crippen molar-refractivity contribution in [1.82, 2.24) is 9.97 Å². The SMILES string of the molecule is CCCC(CN)c1ncc(-c2ccc(F)c(Cl)c2)[nH]1. The molecule has 1 atom stereocenters. The van der Waals surface area contributed by atoms with Gasteiger partial charge in [-0.25, -0.2) is 9.37 Å². The monoisotopic (exact) mass is 281 g/mol. The van der Waals surface area contributed by atoms with E-state index in [2.05, 4.69) is 16.9 Å². The Hall–Kier alpha value is -1.39. The summed E-state index contributed by atoms with van der Waals surface area (Å²) < 4.78 is 13.1.